The standard InChI is InChI=1S/C18H34O2Si/c1-13(19)14-10-11-15-16(9-8-12-18(14,15)5)20-21(6,7)17(2,3)4/h14-16H,8-12H2,1-7H3/t14-,15+,16+,18-/m1/s1. The quantitative estimate of drug-likeness (QED) is 0.671. The van der Waals surface area contributed by atoms with Crippen LogP contribution in [0.4, 0.5) is 0 Å². The van der Waals surface area contributed by atoms with Crippen molar-refractivity contribution in [2.45, 2.75) is 91.0 Å². The lowest BCUT2D eigenvalue weighted by Gasteiger charge is -2.48. The second-order valence-electron chi connectivity index (χ2n) is 9.16. The molecule has 2 nitrogen and oxygen atoms in total. The van der Waals surface area contributed by atoms with E-state index in [4.69, 9.17) is 4.43 Å². The highest BCUT2D eigenvalue weighted by molar-refractivity contribution is 6.74. The van der Waals surface area contributed by atoms with E-state index in [1.54, 1.807) is 6.92 Å². The number of Topliss-reactive ketones (excluding diaryl/α,β-unsaturated/α-hetero) is 1. The largest absolute Gasteiger partial charge is 0.414 e. The van der Waals surface area contributed by atoms with Gasteiger partial charge in [0.05, 0.1) is 0 Å². The molecule has 2 fully saturated rings. The molecule has 2 rings (SSSR count). The van der Waals surface area contributed by atoms with Crippen molar-refractivity contribution >= 4 is 14.1 Å². The summed E-state index contributed by atoms with van der Waals surface area (Å²) in [7, 11) is -1.72. The fraction of sp³-hybridized carbons (Fsp3) is 0.944. The van der Waals surface area contributed by atoms with E-state index >= 15 is 0 Å². The topological polar surface area (TPSA) is 26.3 Å². The summed E-state index contributed by atoms with van der Waals surface area (Å²) < 4.78 is 6.78. The molecule has 0 radical (unpaired) electrons. The van der Waals surface area contributed by atoms with Crippen molar-refractivity contribution in [2.24, 2.45) is 17.3 Å². The summed E-state index contributed by atoms with van der Waals surface area (Å²) in [6.07, 6.45) is 6.26. The van der Waals surface area contributed by atoms with Crippen LogP contribution in [0.2, 0.25) is 18.1 Å². The zero-order valence-electron chi connectivity index (χ0n) is 15.1. The average Bonchev–Trinajstić information content (AvgIpc) is 2.65. The van der Waals surface area contributed by atoms with Crippen molar-refractivity contribution in [3.63, 3.8) is 0 Å². The normalized spacial score (nSPS) is 37.4. The summed E-state index contributed by atoms with van der Waals surface area (Å²) in [6, 6.07) is 0. The van der Waals surface area contributed by atoms with Gasteiger partial charge in [-0.05, 0) is 62.1 Å². The molecule has 0 aliphatic heterocycles. The van der Waals surface area contributed by atoms with Crippen molar-refractivity contribution in [3.8, 4) is 0 Å². The summed E-state index contributed by atoms with van der Waals surface area (Å²) in [5.74, 6) is 1.26. The number of ketones is 1. The predicted molar refractivity (Wildman–Crippen MR) is 90.9 cm³/mol. The van der Waals surface area contributed by atoms with Crippen molar-refractivity contribution in [2.75, 3.05) is 0 Å². The maximum atomic E-state index is 12.0. The van der Waals surface area contributed by atoms with Gasteiger partial charge < -0.3 is 4.43 Å². The van der Waals surface area contributed by atoms with Gasteiger partial charge in [0.1, 0.15) is 5.78 Å². The maximum absolute atomic E-state index is 12.0. The van der Waals surface area contributed by atoms with Crippen LogP contribution in [0.1, 0.15) is 66.7 Å². The summed E-state index contributed by atoms with van der Waals surface area (Å²) in [5, 5.41) is 0.263. The molecule has 4 atom stereocenters. The molecule has 0 amide bonds. The number of carbonyl (C=O) groups is 1. The first-order chi connectivity index (χ1) is 9.49. The van der Waals surface area contributed by atoms with Crippen molar-refractivity contribution in [1.29, 1.82) is 0 Å². The Morgan fingerprint density at radius 3 is 2.33 bits per heavy atom. The molecule has 2 aliphatic rings. The van der Waals surface area contributed by atoms with E-state index in [0.29, 0.717) is 17.8 Å². The summed E-state index contributed by atoms with van der Waals surface area (Å²) >= 11 is 0. The minimum atomic E-state index is -1.72. The summed E-state index contributed by atoms with van der Waals surface area (Å²) in [6.45, 7) is 15.8. The first-order valence-corrected chi connectivity index (χ1v) is 11.6. The Hall–Kier alpha value is -0.153. The molecule has 0 N–H and O–H groups in total. The highest BCUT2D eigenvalue weighted by Gasteiger charge is 2.54. The van der Waals surface area contributed by atoms with E-state index in [2.05, 4.69) is 40.8 Å². The monoisotopic (exact) mass is 310 g/mol. The van der Waals surface area contributed by atoms with Crippen molar-refractivity contribution in [3.05, 3.63) is 0 Å². The molecule has 0 saturated heterocycles. The second kappa shape index (κ2) is 5.49. The fourth-order valence-corrected chi connectivity index (χ4v) is 5.88. The third-order valence-electron chi connectivity index (χ3n) is 6.81. The van der Waals surface area contributed by atoms with Gasteiger partial charge in [0, 0.05) is 12.0 Å². The zero-order chi connectivity index (χ0) is 16.1. The third kappa shape index (κ3) is 3.01. The number of rotatable bonds is 3. The smallest absolute Gasteiger partial charge is 0.192 e. The van der Waals surface area contributed by atoms with Crippen molar-refractivity contribution in [1.82, 2.24) is 0 Å². The Kier molecular flexibility index (Phi) is 4.49. The van der Waals surface area contributed by atoms with E-state index in [-0.39, 0.29) is 16.4 Å². The van der Waals surface area contributed by atoms with Gasteiger partial charge >= 0.3 is 0 Å². The molecule has 0 spiro atoms. The summed E-state index contributed by atoms with van der Waals surface area (Å²) in [4.78, 5) is 12.0. The maximum Gasteiger partial charge on any atom is 0.192 e. The molecular formula is C18H34O2Si. The average molecular weight is 311 g/mol. The molecule has 122 valence electrons. The zero-order valence-corrected chi connectivity index (χ0v) is 16.1. The van der Waals surface area contributed by atoms with Crippen molar-refractivity contribution < 1.29 is 9.22 Å². The highest BCUT2D eigenvalue weighted by Crippen LogP contribution is 2.57. The number of hydrogen-bond donors (Lipinski definition) is 0. The lowest BCUT2D eigenvalue weighted by Crippen LogP contribution is -2.50. The van der Waals surface area contributed by atoms with Crippen LogP contribution in [0, 0.1) is 17.3 Å². The lowest BCUT2D eigenvalue weighted by molar-refractivity contribution is -0.126. The molecular weight excluding hydrogens is 276 g/mol. The minimum absolute atomic E-state index is 0.192. The Morgan fingerprint density at radius 1 is 1.19 bits per heavy atom. The third-order valence-corrected chi connectivity index (χ3v) is 11.3. The summed E-state index contributed by atoms with van der Waals surface area (Å²) in [5.41, 5.74) is 0.192. The molecule has 2 aliphatic carbocycles. The van der Waals surface area contributed by atoms with Crippen LogP contribution in [0.5, 0.6) is 0 Å². The molecule has 2 saturated carbocycles. The molecule has 0 aromatic rings. The number of fused-ring (bicyclic) bond motifs is 1. The van der Waals surface area contributed by atoms with Gasteiger partial charge in [0.2, 0.25) is 0 Å². The van der Waals surface area contributed by atoms with Crippen LogP contribution in [0.3, 0.4) is 0 Å². The highest BCUT2D eigenvalue weighted by atomic mass is 28.4. The fourth-order valence-electron chi connectivity index (χ4n) is 4.48. The molecule has 0 aromatic heterocycles. The van der Waals surface area contributed by atoms with Gasteiger partial charge in [-0.25, -0.2) is 0 Å². The van der Waals surface area contributed by atoms with Gasteiger partial charge in [-0.2, -0.15) is 0 Å². The Labute approximate surface area is 132 Å². The van der Waals surface area contributed by atoms with Crippen LogP contribution in [-0.4, -0.2) is 20.2 Å². The molecule has 0 heterocycles. The molecule has 0 bridgehead atoms. The van der Waals surface area contributed by atoms with Crippen LogP contribution < -0.4 is 0 Å². The van der Waals surface area contributed by atoms with E-state index < -0.39 is 8.32 Å². The molecule has 3 heteroatoms. The van der Waals surface area contributed by atoms with Gasteiger partial charge in [0.25, 0.3) is 0 Å². The van der Waals surface area contributed by atoms with Crippen LogP contribution in [-0.2, 0) is 9.22 Å². The predicted octanol–water partition coefficient (Wildman–Crippen LogP) is 5.18. The first kappa shape index (κ1) is 17.2. The SMILES string of the molecule is CC(=O)[C@H]1CC[C@H]2[C@@H](O[Si](C)(C)C(C)(C)C)CCC[C@]12C. The second-order valence-corrected chi connectivity index (χ2v) is 13.9. The minimum Gasteiger partial charge on any atom is -0.414 e. The lowest BCUT2D eigenvalue weighted by atomic mass is 9.63. The van der Waals surface area contributed by atoms with Gasteiger partial charge in [0.15, 0.2) is 8.32 Å². The molecule has 21 heavy (non-hydrogen) atoms. The van der Waals surface area contributed by atoms with Crippen LogP contribution >= 0.6 is 0 Å². The Morgan fingerprint density at radius 2 is 1.81 bits per heavy atom. The number of carbonyl (C=O) groups excluding carboxylic acids is 1. The van der Waals surface area contributed by atoms with E-state index in [9.17, 15) is 4.79 Å². The first-order valence-electron chi connectivity index (χ1n) is 8.67. The van der Waals surface area contributed by atoms with Gasteiger partial charge in [-0.15, -0.1) is 0 Å². The Balaban J connectivity index is 2.19. The Bertz CT molecular complexity index is 410. The molecule has 0 unspecified atom stereocenters. The van der Waals surface area contributed by atoms with Crippen LogP contribution in [0.25, 0.3) is 0 Å². The van der Waals surface area contributed by atoms with Gasteiger partial charge in [-0.1, -0.05) is 34.1 Å². The van der Waals surface area contributed by atoms with E-state index in [1.807, 2.05) is 0 Å². The van der Waals surface area contributed by atoms with E-state index in [0.717, 1.165) is 6.42 Å². The van der Waals surface area contributed by atoms with Crippen LogP contribution in [0.15, 0.2) is 0 Å². The van der Waals surface area contributed by atoms with E-state index in [1.165, 1.54) is 25.7 Å². The number of hydrogen-bond acceptors (Lipinski definition) is 2. The van der Waals surface area contributed by atoms with Gasteiger partial charge in [-0.3, -0.25) is 4.79 Å². The molecule has 0 aromatic carbocycles.